The summed E-state index contributed by atoms with van der Waals surface area (Å²) in [5, 5.41) is 11.2. The van der Waals surface area contributed by atoms with Gasteiger partial charge in [-0.1, -0.05) is 0 Å². The molecule has 0 bridgehead atoms. The van der Waals surface area contributed by atoms with Gasteiger partial charge in [-0.25, -0.2) is 0 Å². The van der Waals surface area contributed by atoms with Crippen molar-refractivity contribution in [3.63, 3.8) is 0 Å². The van der Waals surface area contributed by atoms with E-state index in [2.05, 4.69) is 25.4 Å². The van der Waals surface area contributed by atoms with E-state index in [1.54, 1.807) is 12.4 Å². The highest BCUT2D eigenvalue weighted by Crippen LogP contribution is 2.22. The number of aromatic nitrogens is 3. The minimum absolute atomic E-state index is 0.0396. The molecular formula is C16H19N5O. The predicted octanol–water partition coefficient (Wildman–Crippen LogP) is 2.04. The lowest BCUT2D eigenvalue weighted by Crippen LogP contribution is -2.41. The molecule has 6 heteroatoms. The highest BCUT2D eigenvalue weighted by molar-refractivity contribution is 5.92. The van der Waals surface area contributed by atoms with Crippen LogP contribution in [0.15, 0.2) is 36.7 Å². The number of nitrogens with zero attached hydrogens (tertiary/aromatic N) is 4. The molecule has 1 atom stereocenters. The second kappa shape index (κ2) is 6.51. The van der Waals surface area contributed by atoms with Gasteiger partial charge in [0.05, 0.1) is 23.5 Å². The normalized spacial score (nSPS) is 18.0. The third kappa shape index (κ3) is 3.39. The summed E-state index contributed by atoms with van der Waals surface area (Å²) in [6.07, 6.45) is 5.21. The van der Waals surface area contributed by atoms with Crippen molar-refractivity contribution in [3.8, 4) is 0 Å². The van der Waals surface area contributed by atoms with Crippen LogP contribution < -0.4 is 10.2 Å². The number of carbonyl (C=O) groups excluding carboxylic acids is 1. The Balaban J connectivity index is 1.65. The average molecular weight is 297 g/mol. The van der Waals surface area contributed by atoms with E-state index in [1.807, 2.05) is 31.2 Å². The summed E-state index contributed by atoms with van der Waals surface area (Å²) in [5.74, 6) is 0.833. The summed E-state index contributed by atoms with van der Waals surface area (Å²) < 4.78 is 0. The lowest BCUT2D eigenvalue weighted by atomic mass is 9.97. The molecule has 1 N–H and O–H groups in total. The van der Waals surface area contributed by atoms with Crippen molar-refractivity contribution in [2.45, 2.75) is 19.8 Å². The highest BCUT2D eigenvalue weighted by atomic mass is 16.1. The van der Waals surface area contributed by atoms with Crippen LogP contribution in [0.4, 0.5) is 11.5 Å². The fourth-order valence-corrected chi connectivity index (χ4v) is 2.64. The van der Waals surface area contributed by atoms with Gasteiger partial charge in [-0.3, -0.25) is 9.78 Å². The van der Waals surface area contributed by atoms with Gasteiger partial charge in [-0.05, 0) is 44.0 Å². The number of nitrogens with one attached hydrogen (secondary N) is 1. The quantitative estimate of drug-likeness (QED) is 0.938. The maximum Gasteiger partial charge on any atom is 0.229 e. The number of carbonyl (C=O) groups is 1. The highest BCUT2D eigenvalue weighted by Gasteiger charge is 2.26. The Morgan fingerprint density at radius 1 is 1.32 bits per heavy atom. The fraction of sp³-hybridized carbons (Fsp3) is 0.375. The SMILES string of the molecule is Cc1ccc(N2CCCC(C(=O)Nc3cccnc3)C2)nn1. The summed E-state index contributed by atoms with van der Waals surface area (Å²) in [6.45, 7) is 3.50. The van der Waals surface area contributed by atoms with Crippen LogP contribution in [0.3, 0.4) is 0 Å². The van der Waals surface area contributed by atoms with E-state index in [0.29, 0.717) is 6.54 Å². The van der Waals surface area contributed by atoms with Gasteiger partial charge >= 0.3 is 0 Å². The molecule has 0 spiro atoms. The van der Waals surface area contributed by atoms with Crippen molar-refractivity contribution in [2.24, 2.45) is 5.92 Å². The Labute approximate surface area is 129 Å². The van der Waals surface area contributed by atoms with Gasteiger partial charge < -0.3 is 10.2 Å². The van der Waals surface area contributed by atoms with Crippen LogP contribution in [-0.2, 0) is 4.79 Å². The first-order valence-corrected chi connectivity index (χ1v) is 7.48. The largest absolute Gasteiger partial charge is 0.354 e. The first-order valence-electron chi connectivity index (χ1n) is 7.48. The Kier molecular flexibility index (Phi) is 4.27. The number of piperidine rings is 1. The molecular weight excluding hydrogens is 278 g/mol. The van der Waals surface area contributed by atoms with Crippen LogP contribution in [0.25, 0.3) is 0 Å². The standard InChI is InChI=1S/C16H19N5O/c1-12-6-7-15(20-19-12)21-9-3-4-13(11-21)16(22)18-14-5-2-8-17-10-14/h2,5-8,10,13H,3-4,9,11H2,1H3,(H,18,22). The molecule has 3 rings (SSSR count). The molecule has 114 valence electrons. The number of anilines is 2. The number of pyridine rings is 1. The Morgan fingerprint density at radius 2 is 2.23 bits per heavy atom. The first kappa shape index (κ1) is 14.4. The third-order valence-corrected chi connectivity index (χ3v) is 3.83. The van der Waals surface area contributed by atoms with Crippen LogP contribution in [0, 0.1) is 12.8 Å². The molecule has 1 aliphatic rings. The molecule has 0 radical (unpaired) electrons. The Bertz CT molecular complexity index is 629. The van der Waals surface area contributed by atoms with Gasteiger partial charge in [0, 0.05) is 19.3 Å². The summed E-state index contributed by atoms with van der Waals surface area (Å²) in [4.78, 5) is 18.5. The van der Waals surface area contributed by atoms with E-state index in [0.717, 1.165) is 36.6 Å². The Hall–Kier alpha value is -2.50. The summed E-state index contributed by atoms with van der Waals surface area (Å²) in [5.41, 5.74) is 1.63. The molecule has 0 saturated carbocycles. The van der Waals surface area contributed by atoms with Crippen molar-refractivity contribution in [3.05, 3.63) is 42.4 Å². The molecule has 0 aromatic carbocycles. The zero-order valence-corrected chi connectivity index (χ0v) is 12.6. The first-order chi connectivity index (χ1) is 10.7. The molecule has 1 amide bonds. The van der Waals surface area contributed by atoms with Crippen molar-refractivity contribution in [1.82, 2.24) is 15.2 Å². The lowest BCUT2D eigenvalue weighted by molar-refractivity contribution is -0.120. The van der Waals surface area contributed by atoms with Crippen LogP contribution >= 0.6 is 0 Å². The fourth-order valence-electron chi connectivity index (χ4n) is 2.64. The van der Waals surface area contributed by atoms with E-state index < -0.39 is 0 Å². The molecule has 22 heavy (non-hydrogen) atoms. The van der Waals surface area contributed by atoms with E-state index in [4.69, 9.17) is 0 Å². The van der Waals surface area contributed by atoms with Crippen molar-refractivity contribution in [2.75, 3.05) is 23.3 Å². The maximum atomic E-state index is 12.4. The summed E-state index contributed by atoms with van der Waals surface area (Å²) in [6, 6.07) is 7.56. The van der Waals surface area contributed by atoms with Gasteiger partial charge in [0.2, 0.25) is 5.91 Å². The molecule has 2 aromatic heterocycles. The Morgan fingerprint density at radius 3 is 2.95 bits per heavy atom. The van der Waals surface area contributed by atoms with Crippen LogP contribution in [-0.4, -0.2) is 34.2 Å². The topological polar surface area (TPSA) is 71.0 Å². The smallest absolute Gasteiger partial charge is 0.229 e. The molecule has 1 fully saturated rings. The summed E-state index contributed by atoms with van der Waals surface area (Å²) in [7, 11) is 0. The van der Waals surface area contributed by atoms with Crippen molar-refractivity contribution in [1.29, 1.82) is 0 Å². The molecule has 1 unspecified atom stereocenters. The monoisotopic (exact) mass is 297 g/mol. The number of amides is 1. The number of hydrogen-bond acceptors (Lipinski definition) is 5. The average Bonchev–Trinajstić information content (AvgIpc) is 2.56. The minimum Gasteiger partial charge on any atom is -0.354 e. The van der Waals surface area contributed by atoms with Gasteiger partial charge in [0.1, 0.15) is 0 Å². The van der Waals surface area contributed by atoms with E-state index in [9.17, 15) is 4.79 Å². The molecule has 0 aliphatic carbocycles. The maximum absolute atomic E-state index is 12.4. The predicted molar refractivity (Wildman–Crippen MR) is 84.6 cm³/mol. The molecule has 2 aromatic rings. The third-order valence-electron chi connectivity index (χ3n) is 3.83. The second-order valence-corrected chi connectivity index (χ2v) is 5.55. The summed E-state index contributed by atoms with van der Waals surface area (Å²) >= 11 is 0. The van der Waals surface area contributed by atoms with Crippen LogP contribution in [0.1, 0.15) is 18.5 Å². The zero-order chi connectivity index (χ0) is 15.4. The number of hydrogen-bond donors (Lipinski definition) is 1. The molecule has 3 heterocycles. The van der Waals surface area contributed by atoms with E-state index >= 15 is 0 Å². The minimum atomic E-state index is -0.0444. The van der Waals surface area contributed by atoms with Crippen LogP contribution in [0.2, 0.25) is 0 Å². The van der Waals surface area contributed by atoms with Crippen molar-refractivity contribution >= 4 is 17.4 Å². The van der Waals surface area contributed by atoms with Crippen LogP contribution in [0.5, 0.6) is 0 Å². The molecule has 6 nitrogen and oxygen atoms in total. The van der Waals surface area contributed by atoms with Crippen molar-refractivity contribution < 1.29 is 4.79 Å². The molecule has 1 aliphatic heterocycles. The number of rotatable bonds is 3. The van der Waals surface area contributed by atoms with Gasteiger partial charge in [0.25, 0.3) is 0 Å². The van der Waals surface area contributed by atoms with E-state index in [1.165, 1.54) is 0 Å². The lowest BCUT2D eigenvalue weighted by Gasteiger charge is -2.32. The van der Waals surface area contributed by atoms with E-state index in [-0.39, 0.29) is 11.8 Å². The zero-order valence-electron chi connectivity index (χ0n) is 12.6. The number of aryl methyl sites for hydroxylation is 1. The van der Waals surface area contributed by atoms with Gasteiger partial charge in [0.15, 0.2) is 5.82 Å². The molecule has 1 saturated heterocycles. The van der Waals surface area contributed by atoms with Gasteiger partial charge in [-0.15, -0.1) is 5.10 Å². The van der Waals surface area contributed by atoms with Gasteiger partial charge in [-0.2, -0.15) is 5.10 Å². The second-order valence-electron chi connectivity index (χ2n) is 5.55.